The van der Waals surface area contributed by atoms with Gasteiger partial charge in [0.15, 0.2) is 5.96 Å². The SMILES string of the molecule is C=CCNC(=NCC(=O)N(C)C)NCCSC.I. The maximum atomic E-state index is 11.4. The summed E-state index contributed by atoms with van der Waals surface area (Å²) >= 11 is 1.76. The van der Waals surface area contributed by atoms with Crippen molar-refractivity contribution < 1.29 is 4.79 Å². The van der Waals surface area contributed by atoms with Gasteiger partial charge in [-0.2, -0.15) is 11.8 Å². The Hall–Kier alpha value is -0.440. The molecule has 0 aliphatic heterocycles. The summed E-state index contributed by atoms with van der Waals surface area (Å²) in [6, 6.07) is 0. The molecule has 0 radical (unpaired) electrons. The van der Waals surface area contributed by atoms with Gasteiger partial charge in [-0.25, -0.2) is 4.99 Å². The van der Waals surface area contributed by atoms with E-state index < -0.39 is 0 Å². The number of amides is 1. The van der Waals surface area contributed by atoms with E-state index in [1.807, 2.05) is 6.26 Å². The van der Waals surface area contributed by atoms with Gasteiger partial charge >= 0.3 is 0 Å². The van der Waals surface area contributed by atoms with Crippen LogP contribution in [0.3, 0.4) is 0 Å². The average molecular weight is 386 g/mol. The fourth-order valence-corrected chi connectivity index (χ4v) is 1.21. The molecule has 0 heterocycles. The lowest BCUT2D eigenvalue weighted by Gasteiger charge is -2.12. The van der Waals surface area contributed by atoms with E-state index in [1.165, 1.54) is 4.90 Å². The third-order valence-electron chi connectivity index (χ3n) is 1.88. The average Bonchev–Trinajstić information content (AvgIpc) is 2.31. The molecule has 0 aromatic heterocycles. The maximum absolute atomic E-state index is 11.4. The lowest BCUT2D eigenvalue weighted by atomic mass is 10.5. The number of halogens is 1. The Kier molecular flexibility index (Phi) is 14.4. The molecule has 0 aliphatic rings. The Bertz CT molecular complexity index is 272. The summed E-state index contributed by atoms with van der Waals surface area (Å²) in [6.07, 6.45) is 3.80. The molecule has 0 spiro atoms. The minimum Gasteiger partial charge on any atom is -0.356 e. The first-order valence-electron chi connectivity index (χ1n) is 5.44. The minimum absolute atomic E-state index is 0. The molecule has 0 rings (SSSR count). The molecule has 7 heteroatoms. The number of rotatable bonds is 7. The smallest absolute Gasteiger partial charge is 0.243 e. The molecule has 0 fully saturated rings. The predicted octanol–water partition coefficient (Wildman–Crippen LogP) is 0.777. The lowest BCUT2D eigenvalue weighted by Crippen LogP contribution is -2.39. The van der Waals surface area contributed by atoms with Crippen LogP contribution in [0.5, 0.6) is 0 Å². The molecule has 0 aromatic carbocycles. The number of guanidine groups is 1. The van der Waals surface area contributed by atoms with Gasteiger partial charge in [0.1, 0.15) is 6.54 Å². The topological polar surface area (TPSA) is 56.7 Å². The highest BCUT2D eigenvalue weighted by atomic mass is 127. The van der Waals surface area contributed by atoms with E-state index in [1.54, 1.807) is 31.9 Å². The molecule has 0 bridgehead atoms. The Labute approximate surface area is 131 Å². The van der Waals surface area contributed by atoms with Crippen LogP contribution in [0.1, 0.15) is 0 Å². The summed E-state index contributed by atoms with van der Waals surface area (Å²) < 4.78 is 0. The van der Waals surface area contributed by atoms with Crippen LogP contribution in [0.15, 0.2) is 17.6 Å². The van der Waals surface area contributed by atoms with Crippen LogP contribution in [0.2, 0.25) is 0 Å². The van der Waals surface area contributed by atoms with Gasteiger partial charge in [-0.05, 0) is 6.26 Å². The molecule has 1 amide bonds. The van der Waals surface area contributed by atoms with Gasteiger partial charge in [-0.15, -0.1) is 30.6 Å². The summed E-state index contributed by atoms with van der Waals surface area (Å²) in [5.74, 6) is 1.62. The van der Waals surface area contributed by atoms with Crippen molar-refractivity contribution in [1.82, 2.24) is 15.5 Å². The van der Waals surface area contributed by atoms with Crippen molar-refractivity contribution in [3.05, 3.63) is 12.7 Å². The molecule has 0 unspecified atom stereocenters. The van der Waals surface area contributed by atoms with E-state index in [0.717, 1.165) is 12.3 Å². The van der Waals surface area contributed by atoms with Crippen LogP contribution in [-0.4, -0.2) is 62.5 Å². The van der Waals surface area contributed by atoms with Crippen molar-refractivity contribution in [2.24, 2.45) is 4.99 Å². The molecular formula is C11H23IN4OS. The second-order valence-electron chi connectivity index (χ2n) is 3.54. The Balaban J connectivity index is 0. The van der Waals surface area contributed by atoms with Crippen molar-refractivity contribution in [1.29, 1.82) is 0 Å². The summed E-state index contributed by atoms with van der Waals surface area (Å²) in [5.41, 5.74) is 0. The zero-order valence-corrected chi connectivity index (χ0v) is 14.4. The van der Waals surface area contributed by atoms with Gasteiger partial charge < -0.3 is 15.5 Å². The quantitative estimate of drug-likeness (QED) is 0.223. The van der Waals surface area contributed by atoms with Gasteiger partial charge in [-0.3, -0.25) is 4.79 Å². The van der Waals surface area contributed by atoms with Crippen molar-refractivity contribution in [2.75, 3.05) is 45.7 Å². The number of likely N-dealkylation sites (N-methyl/N-ethyl adjacent to an activating group) is 1. The highest BCUT2D eigenvalue weighted by molar-refractivity contribution is 14.0. The summed E-state index contributed by atoms with van der Waals surface area (Å²) in [7, 11) is 3.44. The molecule has 0 aliphatic carbocycles. The first-order chi connectivity index (χ1) is 8.11. The van der Waals surface area contributed by atoms with Crippen molar-refractivity contribution in [3.8, 4) is 0 Å². The van der Waals surface area contributed by atoms with Crippen LogP contribution in [0.25, 0.3) is 0 Å². The van der Waals surface area contributed by atoms with E-state index in [0.29, 0.717) is 12.5 Å². The molecule has 0 atom stereocenters. The first-order valence-corrected chi connectivity index (χ1v) is 6.83. The highest BCUT2D eigenvalue weighted by Gasteiger charge is 2.03. The Morgan fingerprint density at radius 1 is 1.44 bits per heavy atom. The largest absolute Gasteiger partial charge is 0.356 e. The number of carbonyl (C=O) groups is 1. The molecule has 106 valence electrons. The molecule has 5 nitrogen and oxygen atoms in total. The highest BCUT2D eigenvalue weighted by Crippen LogP contribution is 1.87. The Morgan fingerprint density at radius 2 is 2.11 bits per heavy atom. The molecule has 0 saturated heterocycles. The maximum Gasteiger partial charge on any atom is 0.243 e. The van der Waals surface area contributed by atoms with Gasteiger partial charge in [0.2, 0.25) is 5.91 Å². The van der Waals surface area contributed by atoms with Crippen LogP contribution >= 0.6 is 35.7 Å². The van der Waals surface area contributed by atoms with Gasteiger partial charge in [0.05, 0.1) is 0 Å². The summed E-state index contributed by atoms with van der Waals surface area (Å²) in [4.78, 5) is 17.1. The zero-order valence-electron chi connectivity index (χ0n) is 11.2. The van der Waals surface area contributed by atoms with E-state index >= 15 is 0 Å². The van der Waals surface area contributed by atoms with E-state index in [2.05, 4.69) is 22.2 Å². The van der Waals surface area contributed by atoms with Crippen molar-refractivity contribution >= 4 is 47.6 Å². The number of thioether (sulfide) groups is 1. The zero-order chi connectivity index (χ0) is 13.1. The van der Waals surface area contributed by atoms with Crippen LogP contribution < -0.4 is 10.6 Å². The number of aliphatic imine (C=N–C) groups is 1. The fourth-order valence-electron chi connectivity index (χ4n) is 0.903. The van der Waals surface area contributed by atoms with E-state index in [-0.39, 0.29) is 36.4 Å². The standard InChI is InChI=1S/C11H22N4OS.HI/c1-5-6-12-11(13-7-8-17-4)14-9-10(16)15(2)3;/h5H,1,6-9H2,2-4H3,(H2,12,13,14);1H. The monoisotopic (exact) mass is 386 g/mol. The summed E-state index contributed by atoms with van der Waals surface area (Å²) in [5, 5.41) is 6.21. The normalized spacial score (nSPS) is 10.3. The minimum atomic E-state index is -0.0189. The number of hydrogen-bond donors (Lipinski definition) is 2. The summed E-state index contributed by atoms with van der Waals surface area (Å²) in [6.45, 7) is 5.23. The predicted molar refractivity (Wildman–Crippen MR) is 91.0 cm³/mol. The Morgan fingerprint density at radius 3 is 2.61 bits per heavy atom. The fraction of sp³-hybridized carbons (Fsp3) is 0.636. The van der Waals surface area contributed by atoms with Crippen LogP contribution in [-0.2, 0) is 4.79 Å². The van der Waals surface area contributed by atoms with E-state index in [4.69, 9.17) is 0 Å². The molecule has 18 heavy (non-hydrogen) atoms. The third kappa shape index (κ3) is 10.7. The molecule has 0 saturated carbocycles. The third-order valence-corrected chi connectivity index (χ3v) is 2.50. The molecular weight excluding hydrogens is 363 g/mol. The number of carbonyl (C=O) groups excluding carboxylic acids is 1. The van der Waals surface area contributed by atoms with Gasteiger partial charge in [-0.1, -0.05) is 6.08 Å². The first kappa shape index (κ1) is 19.9. The van der Waals surface area contributed by atoms with Crippen LogP contribution in [0, 0.1) is 0 Å². The van der Waals surface area contributed by atoms with Crippen molar-refractivity contribution in [3.63, 3.8) is 0 Å². The van der Waals surface area contributed by atoms with Crippen LogP contribution in [0.4, 0.5) is 0 Å². The number of nitrogens with zero attached hydrogens (tertiary/aromatic N) is 2. The number of nitrogens with one attached hydrogen (secondary N) is 2. The molecule has 0 aromatic rings. The van der Waals surface area contributed by atoms with Crippen molar-refractivity contribution in [2.45, 2.75) is 0 Å². The second kappa shape index (κ2) is 13.0. The lowest BCUT2D eigenvalue weighted by molar-refractivity contribution is -0.127. The molecule has 2 N–H and O–H groups in total. The van der Waals surface area contributed by atoms with E-state index in [9.17, 15) is 4.79 Å². The second-order valence-corrected chi connectivity index (χ2v) is 4.53. The number of hydrogen-bond acceptors (Lipinski definition) is 3. The van der Waals surface area contributed by atoms with Gasteiger partial charge in [0.25, 0.3) is 0 Å². The van der Waals surface area contributed by atoms with Gasteiger partial charge in [0, 0.05) is 32.9 Å².